The van der Waals surface area contributed by atoms with Crippen LogP contribution in [0.3, 0.4) is 0 Å². The molecule has 0 saturated carbocycles. The predicted molar refractivity (Wildman–Crippen MR) is 85.2 cm³/mol. The normalized spacial score (nSPS) is 12.2. The summed E-state index contributed by atoms with van der Waals surface area (Å²) < 4.78 is 20.7. The average Bonchev–Trinajstić information content (AvgIpc) is 2.36. The molecule has 0 heterocycles. The minimum absolute atomic E-state index is 0.137. The Hall–Kier alpha value is -0.910. The van der Waals surface area contributed by atoms with Crippen LogP contribution in [0.5, 0.6) is 5.75 Å². The maximum absolute atomic E-state index is 13.3. The van der Waals surface area contributed by atoms with Crippen LogP contribution in [0.2, 0.25) is 0 Å². The van der Waals surface area contributed by atoms with E-state index in [4.69, 9.17) is 10.5 Å². The van der Waals surface area contributed by atoms with Gasteiger partial charge in [0, 0.05) is 20.6 Å². The molecule has 0 amide bonds. The van der Waals surface area contributed by atoms with Crippen molar-refractivity contribution in [1.29, 1.82) is 0 Å². The topological polar surface area (TPSA) is 35.2 Å². The van der Waals surface area contributed by atoms with E-state index in [1.807, 2.05) is 31.2 Å². The van der Waals surface area contributed by atoms with Gasteiger partial charge in [0.15, 0.2) is 0 Å². The minimum atomic E-state index is -0.291. The molecule has 20 heavy (non-hydrogen) atoms. The Labute approximate surface area is 134 Å². The van der Waals surface area contributed by atoms with E-state index in [9.17, 15) is 4.39 Å². The molecule has 5 heteroatoms. The van der Waals surface area contributed by atoms with Gasteiger partial charge >= 0.3 is 0 Å². The second kappa shape index (κ2) is 6.70. The van der Waals surface area contributed by atoms with Gasteiger partial charge in [-0.05, 0) is 48.9 Å². The fourth-order valence-electron chi connectivity index (χ4n) is 1.86. The van der Waals surface area contributed by atoms with Crippen molar-refractivity contribution in [1.82, 2.24) is 0 Å². The highest BCUT2D eigenvalue weighted by Gasteiger charge is 2.09. The van der Waals surface area contributed by atoms with Crippen molar-refractivity contribution in [2.24, 2.45) is 5.73 Å². The number of nitrogens with two attached hydrogens (primary N) is 1. The van der Waals surface area contributed by atoms with Crippen LogP contribution in [0.4, 0.5) is 4.39 Å². The zero-order valence-corrected chi connectivity index (χ0v) is 14.0. The molecule has 2 rings (SSSR count). The summed E-state index contributed by atoms with van der Waals surface area (Å²) in [7, 11) is 0. The first-order chi connectivity index (χ1) is 9.45. The van der Waals surface area contributed by atoms with Gasteiger partial charge in [-0.3, -0.25) is 0 Å². The van der Waals surface area contributed by atoms with Gasteiger partial charge in [-0.2, -0.15) is 0 Å². The van der Waals surface area contributed by atoms with Crippen molar-refractivity contribution in [2.75, 3.05) is 0 Å². The Morgan fingerprint density at radius 1 is 1.15 bits per heavy atom. The van der Waals surface area contributed by atoms with Crippen molar-refractivity contribution in [3.05, 3.63) is 62.3 Å². The SMILES string of the molecule is CC(N)c1cc(Br)ccc1OCc1cc(F)cc(Br)c1. The van der Waals surface area contributed by atoms with Gasteiger partial charge in [0.1, 0.15) is 18.2 Å². The van der Waals surface area contributed by atoms with Crippen LogP contribution in [0.1, 0.15) is 24.1 Å². The molecule has 0 spiro atoms. The highest BCUT2D eigenvalue weighted by molar-refractivity contribution is 9.10. The van der Waals surface area contributed by atoms with Gasteiger partial charge in [-0.15, -0.1) is 0 Å². The molecular weight excluding hydrogens is 389 g/mol. The zero-order valence-electron chi connectivity index (χ0n) is 10.9. The number of hydrogen-bond acceptors (Lipinski definition) is 2. The molecule has 2 N–H and O–H groups in total. The molecule has 2 nitrogen and oxygen atoms in total. The van der Waals surface area contributed by atoms with Crippen molar-refractivity contribution in [3.8, 4) is 5.75 Å². The fraction of sp³-hybridized carbons (Fsp3) is 0.200. The van der Waals surface area contributed by atoms with Gasteiger partial charge in [-0.1, -0.05) is 31.9 Å². The van der Waals surface area contributed by atoms with Gasteiger partial charge in [0.2, 0.25) is 0 Å². The first-order valence-electron chi connectivity index (χ1n) is 6.08. The summed E-state index contributed by atoms with van der Waals surface area (Å²) in [6, 6.07) is 10.2. The maximum Gasteiger partial charge on any atom is 0.124 e. The van der Waals surface area contributed by atoms with Crippen LogP contribution < -0.4 is 10.5 Å². The third-order valence-electron chi connectivity index (χ3n) is 2.78. The summed E-state index contributed by atoms with van der Waals surface area (Å²) in [5, 5.41) is 0. The van der Waals surface area contributed by atoms with Crippen molar-refractivity contribution in [3.63, 3.8) is 0 Å². The van der Waals surface area contributed by atoms with Crippen molar-refractivity contribution >= 4 is 31.9 Å². The highest BCUT2D eigenvalue weighted by Crippen LogP contribution is 2.28. The number of benzene rings is 2. The Bertz CT molecular complexity index is 597. The van der Waals surface area contributed by atoms with E-state index in [-0.39, 0.29) is 18.5 Å². The third kappa shape index (κ3) is 4.04. The fourth-order valence-corrected chi connectivity index (χ4v) is 2.75. The van der Waals surface area contributed by atoms with Gasteiger partial charge in [0.05, 0.1) is 0 Å². The average molecular weight is 403 g/mol. The summed E-state index contributed by atoms with van der Waals surface area (Å²) in [6.45, 7) is 2.19. The molecule has 1 atom stereocenters. The molecule has 0 aliphatic heterocycles. The Morgan fingerprint density at radius 3 is 2.55 bits per heavy atom. The quantitative estimate of drug-likeness (QED) is 0.785. The molecule has 0 aliphatic rings. The molecule has 0 aromatic heterocycles. The van der Waals surface area contributed by atoms with E-state index in [0.29, 0.717) is 10.2 Å². The van der Waals surface area contributed by atoms with E-state index in [0.717, 1.165) is 15.6 Å². The van der Waals surface area contributed by atoms with Crippen molar-refractivity contribution < 1.29 is 9.13 Å². The number of ether oxygens (including phenoxy) is 1. The van der Waals surface area contributed by atoms with E-state index in [2.05, 4.69) is 31.9 Å². The lowest BCUT2D eigenvalue weighted by Gasteiger charge is -2.14. The molecule has 0 bridgehead atoms. The Morgan fingerprint density at radius 2 is 1.90 bits per heavy atom. The smallest absolute Gasteiger partial charge is 0.124 e. The molecule has 0 aliphatic carbocycles. The molecule has 2 aromatic rings. The van der Waals surface area contributed by atoms with E-state index >= 15 is 0 Å². The monoisotopic (exact) mass is 401 g/mol. The van der Waals surface area contributed by atoms with Crippen LogP contribution in [-0.4, -0.2) is 0 Å². The van der Waals surface area contributed by atoms with Crippen LogP contribution in [-0.2, 0) is 6.61 Å². The molecule has 2 aromatic carbocycles. The highest BCUT2D eigenvalue weighted by atomic mass is 79.9. The van der Waals surface area contributed by atoms with Crippen LogP contribution in [0.25, 0.3) is 0 Å². The summed E-state index contributed by atoms with van der Waals surface area (Å²) in [6.07, 6.45) is 0. The first-order valence-corrected chi connectivity index (χ1v) is 7.67. The second-order valence-corrected chi connectivity index (χ2v) is 6.37. The van der Waals surface area contributed by atoms with Crippen LogP contribution in [0.15, 0.2) is 45.3 Å². The Kier molecular flexibility index (Phi) is 5.18. The molecule has 106 valence electrons. The zero-order chi connectivity index (χ0) is 14.7. The van der Waals surface area contributed by atoms with E-state index in [1.165, 1.54) is 12.1 Å². The Balaban J connectivity index is 2.18. The lowest BCUT2D eigenvalue weighted by molar-refractivity contribution is 0.300. The molecular formula is C15H14Br2FNO. The second-order valence-electron chi connectivity index (χ2n) is 4.54. The largest absolute Gasteiger partial charge is 0.489 e. The van der Waals surface area contributed by atoms with Crippen molar-refractivity contribution in [2.45, 2.75) is 19.6 Å². The molecule has 0 fully saturated rings. The van der Waals surface area contributed by atoms with Gasteiger partial charge in [-0.25, -0.2) is 4.39 Å². The van der Waals surface area contributed by atoms with Gasteiger partial charge in [0.25, 0.3) is 0 Å². The first kappa shape index (κ1) is 15.5. The minimum Gasteiger partial charge on any atom is -0.489 e. The predicted octanol–water partition coefficient (Wildman–Crippen LogP) is 4.95. The standard InChI is InChI=1S/C15H14Br2FNO/c1-9(19)14-7-11(16)2-3-15(14)20-8-10-4-12(17)6-13(18)5-10/h2-7,9H,8,19H2,1H3. The van der Waals surface area contributed by atoms with E-state index < -0.39 is 0 Å². The lowest BCUT2D eigenvalue weighted by Crippen LogP contribution is -2.08. The maximum atomic E-state index is 13.3. The van der Waals surface area contributed by atoms with Crippen LogP contribution >= 0.6 is 31.9 Å². The summed E-state index contributed by atoms with van der Waals surface area (Å²) >= 11 is 6.68. The third-order valence-corrected chi connectivity index (χ3v) is 3.73. The molecule has 0 saturated heterocycles. The molecule has 0 radical (unpaired) electrons. The number of hydrogen-bond donors (Lipinski definition) is 1. The summed E-state index contributed by atoms with van der Waals surface area (Å²) in [4.78, 5) is 0. The number of rotatable bonds is 4. The molecule has 1 unspecified atom stereocenters. The number of halogens is 3. The summed E-state index contributed by atoms with van der Waals surface area (Å²) in [5.41, 5.74) is 7.60. The van der Waals surface area contributed by atoms with Crippen LogP contribution in [0, 0.1) is 5.82 Å². The lowest BCUT2D eigenvalue weighted by atomic mass is 10.1. The summed E-state index contributed by atoms with van der Waals surface area (Å²) in [5.74, 6) is 0.421. The van der Waals surface area contributed by atoms with Gasteiger partial charge < -0.3 is 10.5 Å². The van der Waals surface area contributed by atoms with E-state index in [1.54, 1.807) is 0 Å².